The fraction of sp³-hybridized carbons (Fsp3) is 0.222. The molecule has 0 amide bonds. The maximum atomic E-state index is 12.8. The molecule has 0 unspecified atom stereocenters. The van der Waals surface area contributed by atoms with Crippen LogP contribution in [0.2, 0.25) is 5.02 Å². The Morgan fingerprint density at radius 3 is 2.62 bits per heavy atom. The molecule has 7 heteroatoms. The van der Waals surface area contributed by atoms with Crippen LogP contribution in [0.15, 0.2) is 12.1 Å². The summed E-state index contributed by atoms with van der Waals surface area (Å²) >= 11 is 5.53. The minimum atomic E-state index is -3.18. The van der Waals surface area contributed by atoms with Crippen LogP contribution in [0.1, 0.15) is 5.56 Å². The van der Waals surface area contributed by atoms with Crippen LogP contribution < -0.4 is 4.74 Å². The lowest BCUT2D eigenvalue weighted by molar-refractivity contribution is -0.136. The van der Waals surface area contributed by atoms with E-state index in [4.69, 9.17) is 16.7 Å². The van der Waals surface area contributed by atoms with Gasteiger partial charge in [-0.3, -0.25) is 4.79 Å². The molecule has 0 radical (unpaired) electrons. The van der Waals surface area contributed by atoms with Gasteiger partial charge in [0.1, 0.15) is 11.6 Å². The molecule has 0 atom stereocenters. The zero-order valence-electron chi connectivity index (χ0n) is 7.71. The van der Waals surface area contributed by atoms with Crippen molar-refractivity contribution in [3.8, 4) is 5.75 Å². The molecule has 0 aliphatic carbocycles. The molecule has 0 saturated carbocycles. The Bertz CT molecular complexity index is 409. The lowest BCUT2D eigenvalue weighted by Crippen LogP contribution is -2.08. The summed E-state index contributed by atoms with van der Waals surface area (Å²) in [5.74, 6) is -2.73. The van der Waals surface area contributed by atoms with Gasteiger partial charge in [0.15, 0.2) is 0 Å². The molecule has 1 rings (SSSR count). The number of halogens is 4. The average Bonchev–Trinajstić information content (AvgIpc) is 2.09. The first kappa shape index (κ1) is 12.6. The molecule has 1 N–H and O–H groups in total. The largest absolute Gasteiger partial charge is 0.481 e. The van der Waals surface area contributed by atoms with E-state index in [1.165, 1.54) is 0 Å². The number of alkyl halides is 2. The van der Waals surface area contributed by atoms with Crippen molar-refractivity contribution >= 4 is 17.6 Å². The minimum absolute atomic E-state index is 0.184. The van der Waals surface area contributed by atoms with Gasteiger partial charge >= 0.3 is 12.6 Å². The van der Waals surface area contributed by atoms with Gasteiger partial charge in [-0.1, -0.05) is 11.6 Å². The predicted octanol–water partition coefficient (Wildman–Crippen LogP) is 2.71. The topological polar surface area (TPSA) is 46.5 Å². The molecule has 0 aromatic heterocycles. The van der Waals surface area contributed by atoms with Crippen molar-refractivity contribution in [1.82, 2.24) is 0 Å². The predicted molar refractivity (Wildman–Crippen MR) is 49.4 cm³/mol. The van der Waals surface area contributed by atoms with Crippen molar-refractivity contribution < 1.29 is 27.8 Å². The van der Waals surface area contributed by atoms with Crippen molar-refractivity contribution in [2.24, 2.45) is 0 Å². The van der Waals surface area contributed by atoms with Crippen LogP contribution in [-0.2, 0) is 11.2 Å². The highest BCUT2D eigenvalue weighted by Crippen LogP contribution is 2.29. The van der Waals surface area contributed by atoms with Crippen molar-refractivity contribution in [2.75, 3.05) is 0 Å². The van der Waals surface area contributed by atoms with E-state index >= 15 is 0 Å². The standard InChI is InChI=1S/C9H6ClF3O3/c10-6-1-4(11)2-7(16-9(12)13)5(6)3-8(14)15/h1-2,9H,3H2,(H,14,15). The number of ether oxygens (including phenoxy) is 1. The van der Waals surface area contributed by atoms with E-state index < -0.39 is 30.6 Å². The minimum Gasteiger partial charge on any atom is -0.481 e. The number of carboxylic acids is 1. The average molecular weight is 255 g/mol. The molecule has 3 nitrogen and oxygen atoms in total. The number of carbonyl (C=O) groups is 1. The van der Waals surface area contributed by atoms with Gasteiger partial charge in [0.05, 0.1) is 11.4 Å². The fourth-order valence-corrected chi connectivity index (χ4v) is 1.37. The van der Waals surface area contributed by atoms with E-state index in [2.05, 4.69) is 4.74 Å². The first-order valence-corrected chi connectivity index (χ1v) is 4.42. The van der Waals surface area contributed by atoms with E-state index in [1.807, 2.05) is 0 Å². The Morgan fingerprint density at radius 1 is 1.50 bits per heavy atom. The summed E-state index contributed by atoms with van der Waals surface area (Å²) in [6.07, 6.45) is -0.624. The van der Waals surface area contributed by atoms with E-state index in [0.717, 1.165) is 6.07 Å². The molecule has 0 spiro atoms. The van der Waals surface area contributed by atoms with Gasteiger partial charge in [0, 0.05) is 11.6 Å². The Labute approximate surface area is 93.4 Å². The Morgan fingerprint density at radius 2 is 2.12 bits per heavy atom. The van der Waals surface area contributed by atoms with Gasteiger partial charge in [0.25, 0.3) is 0 Å². The molecule has 0 aliphatic rings. The third-order valence-electron chi connectivity index (χ3n) is 1.66. The Hall–Kier alpha value is -1.43. The molecule has 0 saturated heterocycles. The van der Waals surface area contributed by atoms with Gasteiger partial charge in [-0.05, 0) is 6.07 Å². The van der Waals surface area contributed by atoms with Crippen molar-refractivity contribution in [1.29, 1.82) is 0 Å². The van der Waals surface area contributed by atoms with Crippen LogP contribution in [0.4, 0.5) is 13.2 Å². The molecule has 88 valence electrons. The van der Waals surface area contributed by atoms with Crippen molar-refractivity contribution in [2.45, 2.75) is 13.0 Å². The number of aliphatic carboxylic acids is 1. The molecule has 1 aromatic rings. The lowest BCUT2D eigenvalue weighted by atomic mass is 10.1. The fourth-order valence-electron chi connectivity index (χ4n) is 1.10. The van der Waals surface area contributed by atoms with Gasteiger partial charge < -0.3 is 9.84 Å². The molecule has 0 aliphatic heterocycles. The van der Waals surface area contributed by atoms with E-state index in [9.17, 15) is 18.0 Å². The van der Waals surface area contributed by atoms with E-state index in [-0.39, 0.29) is 10.6 Å². The summed E-state index contributed by atoms with van der Waals surface area (Å²) < 4.78 is 40.8. The first-order chi connectivity index (χ1) is 7.40. The second-order valence-electron chi connectivity index (χ2n) is 2.81. The summed E-state index contributed by atoms with van der Waals surface area (Å²) in [7, 11) is 0. The van der Waals surface area contributed by atoms with Gasteiger partial charge in [-0.25, -0.2) is 4.39 Å². The number of benzene rings is 1. The van der Waals surface area contributed by atoms with Crippen LogP contribution in [0.3, 0.4) is 0 Å². The quantitative estimate of drug-likeness (QED) is 0.899. The van der Waals surface area contributed by atoms with Crippen LogP contribution in [0.5, 0.6) is 5.75 Å². The van der Waals surface area contributed by atoms with Crippen molar-refractivity contribution in [3.63, 3.8) is 0 Å². The van der Waals surface area contributed by atoms with E-state index in [1.54, 1.807) is 0 Å². The number of hydrogen-bond donors (Lipinski definition) is 1. The van der Waals surface area contributed by atoms with Crippen LogP contribution in [0, 0.1) is 5.82 Å². The third kappa shape index (κ3) is 3.30. The molecular formula is C9H6ClF3O3. The molecule has 16 heavy (non-hydrogen) atoms. The second kappa shape index (κ2) is 5.07. The monoisotopic (exact) mass is 254 g/mol. The SMILES string of the molecule is O=C(O)Cc1c(Cl)cc(F)cc1OC(F)F. The summed E-state index contributed by atoms with van der Waals surface area (Å²) in [5.41, 5.74) is -0.184. The maximum Gasteiger partial charge on any atom is 0.387 e. The second-order valence-corrected chi connectivity index (χ2v) is 3.22. The maximum absolute atomic E-state index is 12.8. The molecule has 0 bridgehead atoms. The zero-order chi connectivity index (χ0) is 12.3. The summed E-state index contributed by atoms with van der Waals surface area (Å²) in [6.45, 7) is -3.18. The number of rotatable bonds is 4. The highest BCUT2D eigenvalue weighted by atomic mass is 35.5. The smallest absolute Gasteiger partial charge is 0.387 e. The Balaban J connectivity index is 3.15. The van der Waals surface area contributed by atoms with Crippen LogP contribution >= 0.6 is 11.6 Å². The zero-order valence-corrected chi connectivity index (χ0v) is 8.47. The van der Waals surface area contributed by atoms with Crippen molar-refractivity contribution in [3.05, 3.63) is 28.5 Å². The number of carboxylic acid groups (broad SMARTS) is 1. The van der Waals surface area contributed by atoms with Gasteiger partial charge in [-0.15, -0.1) is 0 Å². The molecule has 1 aromatic carbocycles. The van der Waals surface area contributed by atoms with E-state index in [0.29, 0.717) is 6.07 Å². The summed E-state index contributed by atoms with van der Waals surface area (Å²) in [4.78, 5) is 10.4. The highest BCUT2D eigenvalue weighted by Gasteiger charge is 2.17. The first-order valence-electron chi connectivity index (χ1n) is 4.04. The normalized spacial score (nSPS) is 10.6. The van der Waals surface area contributed by atoms with Crippen LogP contribution in [-0.4, -0.2) is 17.7 Å². The summed E-state index contributed by atoms with van der Waals surface area (Å²) in [5, 5.41) is 8.26. The van der Waals surface area contributed by atoms with Crippen LogP contribution in [0.25, 0.3) is 0 Å². The molecule has 0 fully saturated rings. The third-order valence-corrected chi connectivity index (χ3v) is 2.00. The van der Waals surface area contributed by atoms with Gasteiger partial charge in [0.2, 0.25) is 0 Å². The number of hydrogen-bond acceptors (Lipinski definition) is 2. The Kier molecular flexibility index (Phi) is 4.00. The molecular weight excluding hydrogens is 249 g/mol. The van der Waals surface area contributed by atoms with Gasteiger partial charge in [-0.2, -0.15) is 8.78 Å². The lowest BCUT2D eigenvalue weighted by Gasteiger charge is -2.10. The summed E-state index contributed by atoms with van der Waals surface area (Å²) in [6, 6.07) is 1.49. The molecule has 0 heterocycles. The highest BCUT2D eigenvalue weighted by molar-refractivity contribution is 6.31.